The summed E-state index contributed by atoms with van der Waals surface area (Å²) in [5, 5.41) is 19.6. The van der Waals surface area contributed by atoms with E-state index in [2.05, 4.69) is 0 Å². The van der Waals surface area contributed by atoms with Gasteiger partial charge in [0.05, 0.1) is 6.26 Å². The average molecular weight is 267 g/mol. The summed E-state index contributed by atoms with van der Waals surface area (Å²) in [6.45, 7) is 1.84. The highest BCUT2D eigenvalue weighted by Gasteiger charge is 2.22. The van der Waals surface area contributed by atoms with Gasteiger partial charge in [0.2, 0.25) is 0 Å². The fraction of sp³-hybridized carbons (Fsp3) is 0.154. The van der Waals surface area contributed by atoms with Crippen molar-refractivity contribution in [2.24, 2.45) is 0 Å². The molecule has 18 heavy (non-hydrogen) atoms. The zero-order chi connectivity index (χ0) is 13.3. The summed E-state index contributed by atoms with van der Waals surface area (Å²) >= 11 is 5.96. The Morgan fingerprint density at radius 1 is 1.39 bits per heavy atom. The van der Waals surface area contributed by atoms with E-state index >= 15 is 0 Å². The molecule has 1 atom stereocenters. The molecule has 0 saturated heterocycles. The van der Waals surface area contributed by atoms with Gasteiger partial charge in [-0.25, -0.2) is 4.79 Å². The quantitative estimate of drug-likeness (QED) is 0.896. The smallest absolute Gasteiger partial charge is 0.339 e. The zero-order valence-corrected chi connectivity index (χ0v) is 10.3. The van der Waals surface area contributed by atoms with Crippen molar-refractivity contribution in [2.45, 2.75) is 13.0 Å². The van der Waals surface area contributed by atoms with E-state index in [4.69, 9.17) is 21.1 Å². The van der Waals surface area contributed by atoms with Crippen molar-refractivity contribution in [1.29, 1.82) is 0 Å². The summed E-state index contributed by atoms with van der Waals surface area (Å²) < 4.78 is 5.04. The first kappa shape index (κ1) is 12.7. The van der Waals surface area contributed by atoms with Crippen LogP contribution in [0, 0.1) is 6.92 Å². The normalized spacial score (nSPS) is 12.4. The van der Waals surface area contributed by atoms with Crippen LogP contribution in [0.2, 0.25) is 5.02 Å². The van der Waals surface area contributed by atoms with Gasteiger partial charge in [-0.3, -0.25) is 0 Å². The second kappa shape index (κ2) is 4.84. The van der Waals surface area contributed by atoms with E-state index in [1.54, 1.807) is 18.2 Å². The average Bonchev–Trinajstić information content (AvgIpc) is 2.81. The second-order valence-electron chi connectivity index (χ2n) is 3.91. The lowest BCUT2D eigenvalue weighted by Gasteiger charge is -2.10. The third-order valence-electron chi connectivity index (χ3n) is 2.69. The minimum absolute atomic E-state index is 0.00224. The summed E-state index contributed by atoms with van der Waals surface area (Å²) in [6, 6.07) is 6.33. The lowest BCUT2D eigenvalue weighted by molar-refractivity contribution is 0.0687. The largest absolute Gasteiger partial charge is 0.478 e. The molecule has 1 aromatic heterocycles. The van der Waals surface area contributed by atoms with Crippen molar-refractivity contribution >= 4 is 17.6 Å². The van der Waals surface area contributed by atoms with Gasteiger partial charge in [-0.2, -0.15) is 0 Å². The molecule has 1 heterocycles. The molecule has 5 heteroatoms. The number of aliphatic hydroxyl groups is 1. The van der Waals surface area contributed by atoms with Crippen LogP contribution in [0.4, 0.5) is 0 Å². The van der Waals surface area contributed by atoms with Crippen molar-refractivity contribution < 1.29 is 19.4 Å². The number of aryl methyl sites for hydroxylation is 1. The van der Waals surface area contributed by atoms with Crippen LogP contribution in [0.25, 0.3) is 0 Å². The molecule has 0 aliphatic heterocycles. The molecular formula is C13H11ClO4. The van der Waals surface area contributed by atoms with Gasteiger partial charge in [0.15, 0.2) is 5.76 Å². The number of hydrogen-bond donors (Lipinski definition) is 2. The van der Waals surface area contributed by atoms with E-state index in [-0.39, 0.29) is 11.3 Å². The lowest BCUT2D eigenvalue weighted by Crippen LogP contribution is -2.05. The third kappa shape index (κ3) is 2.25. The molecule has 4 nitrogen and oxygen atoms in total. The molecule has 94 valence electrons. The molecule has 2 N–H and O–H groups in total. The van der Waals surface area contributed by atoms with E-state index in [1.807, 2.05) is 6.92 Å². The van der Waals surface area contributed by atoms with Crippen LogP contribution < -0.4 is 0 Å². The van der Waals surface area contributed by atoms with Gasteiger partial charge >= 0.3 is 5.97 Å². The van der Waals surface area contributed by atoms with E-state index in [9.17, 15) is 9.90 Å². The van der Waals surface area contributed by atoms with E-state index < -0.39 is 12.1 Å². The predicted octanol–water partition coefficient (Wildman–Crippen LogP) is 3.02. The highest BCUT2D eigenvalue weighted by molar-refractivity contribution is 6.31. The molecule has 0 bridgehead atoms. The highest BCUT2D eigenvalue weighted by atomic mass is 35.5. The molecule has 0 spiro atoms. The van der Waals surface area contributed by atoms with Gasteiger partial charge in [-0.15, -0.1) is 0 Å². The number of carboxylic acids is 1. The molecule has 0 amide bonds. The van der Waals surface area contributed by atoms with Crippen molar-refractivity contribution in [2.75, 3.05) is 0 Å². The fourth-order valence-electron chi connectivity index (χ4n) is 1.64. The number of rotatable bonds is 3. The van der Waals surface area contributed by atoms with Gasteiger partial charge in [-0.05, 0) is 30.2 Å². The lowest BCUT2D eigenvalue weighted by atomic mass is 10.0. The number of furan rings is 1. The monoisotopic (exact) mass is 266 g/mol. The van der Waals surface area contributed by atoms with Crippen LogP contribution in [-0.4, -0.2) is 16.2 Å². The first-order valence-electron chi connectivity index (χ1n) is 5.25. The third-order valence-corrected chi connectivity index (χ3v) is 3.09. The highest BCUT2D eigenvalue weighted by Crippen LogP contribution is 2.28. The predicted molar refractivity (Wildman–Crippen MR) is 65.9 cm³/mol. The Balaban J connectivity index is 2.41. The summed E-state index contributed by atoms with van der Waals surface area (Å²) in [4.78, 5) is 10.9. The SMILES string of the molecule is Cc1ccc(C(O)c2occc2C(=O)O)cc1Cl. The molecule has 0 fully saturated rings. The van der Waals surface area contributed by atoms with E-state index in [1.165, 1.54) is 12.3 Å². The number of halogens is 1. The molecule has 2 rings (SSSR count). The van der Waals surface area contributed by atoms with Crippen LogP contribution in [0.5, 0.6) is 0 Å². The van der Waals surface area contributed by atoms with Crippen LogP contribution >= 0.6 is 11.6 Å². The second-order valence-corrected chi connectivity index (χ2v) is 4.32. The Morgan fingerprint density at radius 2 is 2.11 bits per heavy atom. The maximum atomic E-state index is 10.9. The maximum Gasteiger partial charge on any atom is 0.339 e. The van der Waals surface area contributed by atoms with Crippen LogP contribution in [0.3, 0.4) is 0 Å². The number of hydrogen-bond acceptors (Lipinski definition) is 3. The van der Waals surface area contributed by atoms with Crippen molar-refractivity contribution in [3.8, 4) is 0 Å². The zero-order valence-electron chi connectivity index (χ0n) is 9.55. The minimum Gasteiger partial charge on any atom is -0.478 e. The number of aromatic carboxylic acids is 1. The number of carboxylic acid groups (broad SMARTS) is 1. The number of carbonyl (C=O) groups is 1. The molecule has 0 aliphatic rings. The van der Waals surface area contributed by atoms with Gasteiger partial charge < -0.3 is 14.6 Å². The Morgan fingerprint density at radius 3 is 2.72 bits per heavy atom. The summed E-state index contributed by atoms with van der Waals surface area (Å²) in [7, 11) is 0. The minimum atomic E-state index is -1.15. The number of aliphatic hydroxyl groups excluding tert-OH is 1. The maximum absolute atomic E-state index is 10.9. The van der Waals surface area contributed by atoms with E-state index in [0.29, 0.717) is 10.6 Å². The molecule has 2 aromatic rings. The van der Waals surface area contributed by atoms with Gasteiger partial charge in [0.1, 0.15) is 11.7 Å². The summed E-state index contributed by atoms with van der Waals surface area (Å²) in [5.74, 6) is -1.14. The van der Waals surface area contributed by atoms with Gasteiger partial charge in [0.25, 0.3) is 0 Å². The Kier molecular flexibility index (Phi) is 3.41. The first-order valence-corrected chi connectivity index (χ1v) is 5.63. The Labute approximate surface area is 108 Å². The van der Waals surface area contributed by atoms with Crippen LogP contribution in [-0.2, 0) is 0 Å². The van der Waals surface area contributed by atoms with Crippen molar-refractivity contribution in [1.82, 2.24) is 0 Å². The molecule has 1 aromatic carbocycles. The van der Waals surface area contributed by atoms with E-state index in [0.717, 1.165) is 5.56 Å². The number of benzene rings is 1. The molecule has 0 aliphatic carbocycles. The molecule has 0 saturated carbocycles. The molecule has 0 radical (unpaired) electrons. The molecular weight excluding hydrogens is 256 g/mol. The van der Waals surface area contributed by atoms with Crippen molar-refractivity contribution in [3.05, 3.63) is 58.0 Å². The first-order chi connectivity index (χ1) is 8.50. The topological polar surface area (TPSA) is 70.7 Å². The van der Waals surface area contributed by atoms with Gasteiger partial charge in [0, 0.05) is 5.02 Å². The van der Waals surface area contributed by atoms with Crippen LogP contribution in [0.15, 0.2) is 34.9 Å². The van der Waals surface area contributed by atoms with Crippen molar-refractivity contribution in [3.63, 3.8) is 0 Å². The standard InChI is InChI=1S/C13H11ClO4/c1-7-2-3-8(6-10(7)14)11(15)12-9(13(16)17)4-5-18-12/h2-6,11,15H,1H3,(H,16,17). The summed E-state index contributed by atoms with van der Waals surface area (Å²) in [5.41, 5.74) is 1.31. The van der Waals surface area contributed by atoms with Gasteiger partial charge in [-0.1, -0.05) is 23.7 Å². The summed E-state index contributed by atoms with van der Waals surface area (Å²) in [6.07, 6.45) is 0.0850. The Hall–Kier alpha value is -1.78. The fourth-order valence-corrected chi connectivity index (χ4v) is 1.83. The Bertz CT molecular complexity index is 588. The molecule has 1 unspecified atom stereocenters. The van der Waals surface area contributed by atoms with Crippen LogP contribution in [0.1, 0.15) is 33.3 Å².